The largest absolute Gasteiger partial charge is 0.479 e. The van der Waals surface area contributed by atoms with Crippen molar-refractivity contribution in [1.29, 1.82) is 0 Å². The normalized spacial score (nSPS) is 11.9. The molecule has 0 bridgehead atoms. The van der Waals surface area contributed by atoms with Gasteiger partial charge in [-0.25, -0.2) is 4.79 Å². The number of benzene rings is 2. The lowest BCUT2D eigenvalue weighted by atomic mass is 10.00. The summed E-state index contributed by atoms with van der Waals surface area (Å²) in [4.78, 5) is 11.7. The number of anilines is 1. The quantitative estimate of drug-likeness (QED) is 0.854. The molecule has 2 aromatic carbocycles. The van der Waals surface area contributed by atoms with Gasteiger partial charge in [0.15, 0.2) is 6.04 Å². The predicted octanol–water partition coefficient (Wildman–Crippen LogP) is 3.38. The number of hydrogen-bond acceptors (Lipinski definition) is 3. The van der Waals surface area contributed by atoms with Crippen LogP contribution in [0, 0.1) is 6.92 Å². The third kappa shape index (κ3) is 3.61. The second-order valence-electron chi connectivity index (χ2n) is 4.86. The summed E-state index contributed by atoms with van der Waals surface area (Å²) in [6.07, 6.45) is 0. The van der Waals surface area contributed by atoms with Crippen LogP contribution < -0.4 is 5.32 Å². The maximum absolute atomic E-state index is 11.7. The van der Waals surface area contributed by atoms with Crippen molar-refractivity contribution in [2.45, 2.75) is 19.6 Å². The number of hydrogen-bond donors (Lipinski definition) is 2. The maximum atomic E-state index is 11.7. The molecule has 0 amide bonds. The Balaban J connectivity index is 2.36. The predicted molar refractivity (Wildman–Crippen MR) is 82.3 cm³/mol. The van der Waals surface area contributed by atoms with Gasteiger partial charge >= 0.3 is 5.97 Å². The molecular weight excluding hydrogens is 266 g/mol. The molecule has 4 nitrogen and oxygen atoms in total. The fourth-order valence-corrected chi connectivity index (χ4v) is 2.27. The van der Waals surface area contributed by atoms with Crippen molar-refractivity contribution in [2.75, 3.05) is 12.4 Å². The molecule has 2 rings (SSSR count). The number of para-hydroxylation sites is 1. The number of nitrogens with one attached hydrogen (secondary N) is 1. The highest BCUT2D eigenvalue weighted by Gasteiger charge is 2.22. The molecule has 21 heavy (non-hydrogen) atoms. The molecule has 0 heterocycles. The van der Waals surface area contributed by atoms with Crippen LogP contribution in [0.3, 0.4) is 0 Å². The first kappa shape index (κ1) is 15.1. The van der Waals surface area contributed by atoms with Gasteiger partial charge in [-0.1, -0.05) is 42.5 Å². The van der Waals surface area contributed by atoms with E-state index in [1.54, 1.807) is 7.11 Å². The van der Waals surface area contributed by atoms with Crippen LogP contribution >= 0.6 is 0 Å². The van der Waals surface area contributed by atoms with Gasteiger partial charge in [-0.05, 0) is 29.7 Å². The van der Waals surface area contributed by atoms with E-state index in [2.05, 4.69) is 5.32 Å². The fourth-order valence-electron chi connectivity index (χ4n) is 2.27. The van der Waals surface area contributed by atoms with Crippen LogP contribution in [0.2, 0.25) is 0 Å². The lowest BCUT2D eigenvalue weighted by Crippen LogP contribution is -2.22. The number of carboxylic acid groups (broad SMARTS) is 1. The Kier molecular flexibility index (Phi) is 4.95. The van der Waals surface area contributed by atoms with Crippen LogP contribution in [0.1, 0.15) is 22.7 Å². The van der Waals surface area contributed by atoms with Gasteiger partial charge in [0, 0.05) is 12.8 Å². The lowest BCUT2D eigenvalue weighted by molar-refractivity contribution is -0.138. The Morgan fingerprint density at radius 1 is 1.19 bits per heavy atom. The number of methoxy groups -OCH3 is 1. The summed E-state index contributed by atoms with van der Waals surface area (Å²) < 4.78 is 5.15. The highest BCUT2D eigenvalue weighted by atomic mass is 16.5. The number of aliphatic carboxylic acids is 1. The first-order valence-corrected chi connectivity index (χ1v) is 6.75. The standard InChI is InChI=1S/C17H19NO3/c1-12-7-3-6-10-15(12)18-16(17(19)20)14-9-5-4-8-13(14)11-21-2/h3-10,16,18H,11H2,1-2H3,(H,19,20). The van der Waals surface area contributed by atoms with Gasteiger partial charge in [-0.2, -0.15) is 0 Å². The van der Waals surface area contributed by atoms with Crippen LogP contribution in [-0.4, -0.2) is 18.2 Å². The molecule has 2 aromatic rings. The fraction of sp³-hybridized carbons (Fsp3) is 0.235. The Morgan fingerprint density at radius 2 is 1.86 bits per heavy atom. The van der Waals surface area contributed by atoms with Crippen molar-refractivity contribution >= 4 is 11.7 Å². The molecule has 0 saturated carbocycles. The van der Waals surface area contributed by atoms with Gasteiger partial charge in [-0.3, -0.25) is 0 Å². The first-order valence-electron chi connectivity index (χ1n) is 6.75. The number of ether oxygens (including phenoxy) is 1. The number of carbonyl (C=O) groups is 1. The molecule has 0 aliphatic heterocycles. The Bertz CT molecular complexity index is 625. The molecule has 0 spiro atoms. The number of carboxylic acids is 1. The minimum Gasteiger partial charge on any atom is -0.479 e. The van der Waals surface area contributed by atoms with E-state index in [1.165, 1.54) is 0 Å². The monoisotopic (exact) mass is 285 g/mol. The molecule has 1 unspecified atom stereocenters. The third-order valence-electron chi connectivity index (χ3n) is 3.36. The first-order chi connectivity index (χ1) is 10.1. The average molecular weight is 285 g/mol. The zero-order chi connectivity index (χ0) is 15.2. The van der Waals surface area contributed by atoms with Crippen molar-refractivity contribution in [3.63, 3.8) is 0 Å². The Morgan fingerprint density at radius 3 is 2.52 bits per heavy atom. The van der Waals surface area contributed by atoms with Crippen LogP contribution in [0.4, 0.5) is 5.69 Å². The molecule has 0 aromatic heterocycles. The topological polar surface area (TPSA) is 58.6 Å². The summed E-state index contributed by atoms with van der Waals surface area (Å²) in [7, 11) is 1.60. The summed E-state index contributed by atoms with van der Waals surface area (Å²) in [5.74, 6) is -0.915. The van der Waals surface area contributed by atoms with Gasteiger partial charge in [0.25, 0.3) is 0 Å². The van der Waals surface area contributed by atoms with Gasteiger partial charge in [0.1, 0.15) is 0 Å². The molecule has 0 fully saturated rings. The van der Waals surface area contributed by atoms with Gasteiger partial charge in [-0.15, -0.1) is 0 Å². The van der Waals surface area contributed by atoms with E-state index >= 15 is 0 Å². The van der Waals surface area contributed by atoms with E-state index < -0.39 is 12.0 Å². The van der Waals surface area contributed by atoms with Crippen LogP contribution in [-0.2, 0) is 16.1 Å². The summed E-state index contributed by atoms with van der Waals surface area (Å²) in [5.41, 5.74) is 3.41. The van der Waals surface area contributed by atoms with Crippen molar-refractivity contribution in [3.8, 4) is 0 Å². The summed E-state index contributed by atoms with van der Waals surface area (Å²) >= 11 is 0. The molecule has 0 saturated heterocycles. The smallest absolute Gasteiger partial charge is 0.330 e. The maximum Gasteiger partial charge on any atom is 0.330 e. The molecule has 0 radical (unpaired) electrons. The molecule has 0 aliphatic carbocycles. The second-order valence-corrected chi connectivity index (χ2v) is 4.86. The lowest BCUT2D eigenvalue weighted by Gasteiger charge is -2.20. The Labute approximate surface area is 124 Å². The number of rotatable bonds is 6. The summed E-state index contributed by atoms with van der Waals surface area (Å²) in [6, 6.07) is 14.2. The summed E-state index contributed by atoms with van der Waals surface area (Å²) in [5, 5.41) is 12.7. The van der Waals surface area contributed by atoms with E-state index in [9.17, 15) is 9.90 Å². The second kappa shape index (κ2) is 6.90. The summed E-state index contributed by atoms with van der Waals surface area (Å²) in [6.45, 7) is 2.33. The van der Waals surface area contributed by atoms with E-state index in [0.717, 1.165) is 22.4 Å². The van der Waals surface area contributed by atoms with E-state index in [1.807, 2.05) is 55.5 Å². The molecule has 0 aliphatic rings. The van der Waals surface area contributed by atoms with Crippen molar-refractivity contribution in [2.24, 2.45) is 0 Å². The van der Waals surface area contributed by atoms with Crippen LogP contribution in [0.15, 0.2) is 48.5 Å². The third-order valence-corrected chi connectivity index (χ3v) is 3.36. The van der Waals surface area contributed by atoms with Crippen molar-refractivity contribution < 1.29 is 14.6 Å². The van der Waals surface area contributed by atoms with E-state index in [4.69, 9.17) is 4.74 Å². The number of aryl methyl sites for hydroxylation is 1. The molecule has 2 N–H and O–H groups in total. The minimum atomic E-state index is -0.915. The van der Waals surface area contributed by atoms with Gasteiger partial charge in [0.05, 0.1) is 6.61 Å². The van der Waals surface area contributed by atoms with Crippen LogP contribution in [0.5, 0.6) is 0 Å². The van der Waals surface area contributed by atoms with Gasteiger partial charge in [0.2, 0.25) is 0 Å². The van der Waals surface area contributed by atoms with E-state index in [0.29, 0.717) is 6.61 Å². The Hall–Kier alpha value is -2.33. The highest BCUT2D eigenvalue weighted by molar-refractivity contribution is 5.80. The zero-order valence-electron chi connectivity index (χ0n) is 12.2. The van der Waals surface area contributed by atoms with Crippen molar-refractivity contribution in [3.05, 3.63) is 65.2 Å². The molecule has 1 atom stereocenters. The minimum absolute atomic E-state index is 0.384. The van der Waals surface area contributed by atoms with Crippen molar-refractivity contribution in [1.82, 2.24) is 0 Å². The van der Waals surface area contributed by atoms with Crippen LogP contribution in [0.25, 0.3) is 0 Å². The SMILES string of the molecule is COCc1ccccc1C(Nc1ccccc1C)C(=O)O. The highest BCUT2D eigenvalue weighted by Crippen LogP contribution is 2.25. The van der Waals surface area contributed by atoms with Gasteiger partial charge < -0.3 is 15.2 Å². The zero-order valence-corrected chi connectivity index (χ0v) is 12.2. The average Bonchev–Trinajstić information content (AvgIpc) is 2.47. The molecular formula is C17H19NO3. The molecule has 110 valence electrons. The molecule has 4 heteroatoms. The van der Waals surface area contributed by atoms with E-state index in [-0.39, 0.29) is 0 Å².